The first-order chi connectivity index (χ1) is 13.5. The van der Waals surface area contributed by atoms with Crippen LogP contribution < -0.4 is 14.8 Å². The highest BCUT2D eigenvalue weighted by atomic mass is 32.1. The van der Waals surface area contributed by atoms with Crippen molar-refractivity contribution in [2.24, 2.45) is 0 Å². The average Bonchev–Trinajstić information content (AvgIpc) is 3.51. The Bertz CT molecular complexity index is 791. The van der Waals surface area contributed by atoms with Crippen molar-refractivity contribution in [3.05, 3.63) is 35.0 Å². The number of esters is 1. The molecule has 0 bridgehead atoms. The van der Waals surface area contributed by atoms with Gasteiger partial charge < -0.3 is 29.2 Å². The van der Waals surface area contributed by atoms with Crippen molar-refractivity contribution in [2.75, 3.05) is 34.5 Å². The summed E-state index contributed by atoms with van der Waals surface area (Å²) in [4.78, 5) is 15.0. The summed E-state index contributed by atoms with van der Waals surface area (Å²) in [6.45, 7) is 2.43. The predicted molar refractivity (Wildman–Crippen MR) is 108 cm³/mol. The summed E-state index contributed by atoms with van der Waals surface area (Å²) in [6.07, 6.45) is 2.11. The molecule has 1 N–H and O–H groups in total. The number of hydrogen-bond acceptors (Lipinski definition) is 6. The summed E-state index contributed by atoms with van der Waals surface area (Å²) in [6, 6.07) is 5.40. The minimum absolute atomic E-state index is 0.182. The van der Waals surface area contributed by atoms with Crippen LogP contribution in [0, 0.1) is 0 Å². The van der Waals surface area contributed by atoms with E-state index >= 15 is 0 Å². The molecule has 1 aromatic rings. The third kappa shape index (κ3) is 3.93. The smallest absolute Gasteiger partial charge is 0.338 e. The summed E-state index contributed by atoms with van der Waals surface area (Å²) in [7, 11) is 4.72. The Morgan fingerprint density at radius 3 is 2.57 bits per heavy atom. The maximum atomic E-state index is 13.0. The number of thiocarbonyl (C=S) groups is 1. The van der Waals surface area contributed by atoms with Gasteiger partial charge in [-0.15, -0.1) is 0 Å². The Kier molecular flexibility index (Phi) is 6.41. The number of para-hydroxylation sites is 1. The van der Waals surface area contributed by atoms with Crippen molar-refractivity contribution >= 4 is 23.3 Å². The second kappa shape index (κ2) is 8.79. The number of carbonyl (C=O) groups excluding carboxylic acids is 1. The van der Waals surface area contributed by atoms with E-state index in [9.17, 15) is 4.79 Å². The molecule has 2 aliphatic rings. The number of rotatable bonds is 8. The fourth-order valence-electron chi connectivity index (χ4n) is 3.46. The van der Waals surface area contributed by atoms with Gasteiger partial charge in [0.05, 0.1) is 32.4 Å². The largest absolute Gasteiger partial charge is 0.493 e. The summed E-state index contributed by atoms with van der Waals surface area (Å²) in [5.74, 6) is 0.743. The first-order valence-electron chi connectivity index (χ1n) is 9.20. The van der Waals surface area contributed by atoms with Gasteiger partial charge in [0.2, 0.25) is 0 Å². The molecule has 0 aromatic heterocycles. The summed E-state index contributed by atoms with van der Waals surface area (Å²) >= 11 is 5.62. The van der Waals surface area contributed by atoms with E-state index in [0.29, 0.717) is 34.8 Å². The van der Waals surface area contributed by atoms with Gasteiger partial charge >= 0.3 is 5.97 Å². The highest BCUT2D eigenvalue weighted by Crippen LogP contribution is 2.42. The van der Waals surface area contributed by atoms with Crippen LogP contribution in [0.5, 0.6) is 11.5 Å². The fourth-order valence-corrected chi connectivity index (χ4v) is 3.87. The minimum Gasteiger partial charge on any atom is -0.493 e. The van der Waals surface area contributed by atoms with Crippen LogP contribution >= 0.6 is 12.2 Å². The van der Waals surface area contributed by atoms with Gasteiger partial charge in [0.15, 0.2) is 16.6 Å². The Balaban J connectivity index is 2.05. The first-order valence-corrected chi connectivity index (χ1v) is 9.61. The number of methoxy groups -OCH3 is 3. The van der Waals surface area contributed by atoms with Gasteiger partial charge in [-0.25, -0.2) is 4.79 Å². The number of ether oxygens (including phenoxy) is 4. The molecule has 1 aliphatic carbocycles. The zero-order chi connectivity index (χ0) is 20.3. The Hall–Kier alpha value is -2.32. The van der Waals surface area contributed by atoms with Gasteiger partial charge in [-0.1, -0.05) is 12.1 Å². The number of nitrogens with one attached hydrogen (secondary N) is 1. The molecule has 1 saturated carbocycles. The normalized spacial score (nSPS) is 19.4. The van der Waals surface area contributed by atoms with Crippen molar-refractivity contribution in [1.82, 2.24) is 10.2 Å². The molecule has 8 heteroatoms. The van der Waals surface area contributed by atoms with E-state index < -0.39 is 12.0 Å². The van der Waals surface area contributed by atoms with Crippen LogP contribution in [0.25, 0.3) is 0 Å². The van der Waals surface area contributed by atoms with E-state index in [1.54, 1.807) is 21.3 Å². The predicted octanol–water partition coefficient (Wildman–Crippen LogP) is 2.56. The van der Waals surface area contributed by atoms with Crippen LogP contribution in [0.4, 0.5) is 0 Å². The molecule has 28 heavy (non-hydrogen) atoms. The van der Waals surface area contributed by atoms with Crippen molar-refractivity contribution in [3.63, 3.8) is 0 Å². The third-order valence-corrected chi connectivity index (χ3v) is 5.24. The molecule has 0 amide bonds. The molecule has 7 nitrogen and oxygen atoms in total. The topological polar surface area (TPSA) is 69.3 Å². The highest BCUT2D eigenvalue weighted by Gasteiger charge is 2.41. The van der Waals surface area contributed by atoms with E-state index in [1.165, 1.54) is 0 Å². The summed E-state index contributed by atoms with van der Waals surface area (Å²) in [5, 5.41) is 3.91. The standard InChI is InChI=1S/C20H26N2O5S/c1-12-16(19(23)27-11-10-24-2)17(21-20(28)22(12)13-8-9-13)14-6-5-7-15(25-3)18(14)26-4/h5-7,13,17H,8-11H2,1-4H3,(H,21,28)/t17-/m0/s1. The lowest BCUT2D eigenvalue weighted by Gasteiger charge is -2.38. The van der Waals surface area contributed by atoms with Crippen LogP contribution in [0.2, 0.25) is 0 Å². The molecule has 0 spiro atoms. The highest BCUT2D eigenvalue weighted by molar-refractivity contribution is 7.80. The van der Waals surface area contributed by atoms with Crippen LogP contribution in [-0.4, -0.2) is 56.6 Å². The number of hydrogen-bond donors (Lipinski definition) is 1. The fraction of sp³-hybridized carbons (Fsp3) is 0.500. The third-order valence-electron chi connectivity index (χ3n) is 4.92. The number of carbonyl (C=O) groups is 1. The van der Waals surface area contributed by atoms with E-state index in [-0.39, 0.29) is 6.61 Å². The minimum atomic E-state index is -0.498. The zero-order valence-corrected chi connectivity index (χ0v) is 17.4. The molecule has 1 aliphatic heterocycles. The Labute approximate surface area is 170 Å². The Morgan fingerprint density at radius 1 is 1.21 bits per heavy atom. The van der Waals surface area contributed by atoms with Gasteiger partial charge in [-0.3, -0.25) is 0 Å². The van der Waals surface area contributed by atoms with E-state index in [0.717, 1.165) is 24.1 Å². The molecule has 1 fully saturated rings. The monoisotopic (exact) mass is 406 g/mol. The summed E-state index contributed by atoms with van der Waals surface area (Å²) < 4.78 is 21.5. The van der Waals surface area contributed by atoms with Crippen molar-refractivity contribution in [2.45, 2.75) is 31.8 Å². The lowest BCUT2D eigenvalue weighted by molar-refractivity contribution is -0.140. The molecular weight excluding hydrogens is 380 g/mol. The van der Waals surface area contributed by atoms with Crippen molar-refractivity contribution in [3.8, 4) is 11.5 Å². The molecule has 0 saturated heterocycles. The summed E-state index contributed by atoms with van der Waals surface area (Å²) in [5.41, 5.74) is 2.09. The lowest BCUT2D eigenvalue weighted by Crippen LogP contribution is -2.48. The second-order valence-corrected chi connectivity index (χ2v) is 7.08. The van der Waals surface area contributed by atoms with E-state index in [2.05, 4.69) is 5.32 Å². The molecule has 152 valence electrons. The first kappa shape index (κ1) is 20.4. The molecule has 0 radical (unpaired) electrons. The maximum absolute atomic E-state index is 13.0. The molecule has 1 atom stereocenters. The number of nitrogens with zero attached hydrogens (tertiary/aromatic N) is 1. The van der Waals surface area contributed by atoms with Crippen LogP contribution in [0.3, 0.4) is 0 Å². The van der Waals surface area contributed by atoms with Gasteiger partial charge in [0, 0.05) is 24.4 Å². The number of allylic oxidation sites excluding steroid dienone is 1. The van der Waals surface area contributed by atoms with Gasteiger partial charge in [-0.2, -0.15) is 0 Å². The maximum Gasteiger partial charge on any atom is 0.338 e. The SMILES string of the molecule is COCCOC(=O)C1=C(C)N(C2CC2)C(=S)N[C@H]1c1cccc(OC)c1OC. The van der Waals surface area contributed by atoms with E-state index in [1.807, 2.05) is 30.0 Å². The van der Waals surface area contributed by atoms with Gasteiger partial charge in [-0.05, 0) is 38.0 Å². The van der Waals surface area contributed by atoms with Crippen LogP contribution in [-0.2, 0) is 14.3 Å². The van der Waals surface area contributed by atoms with Gasteiger partial charge in [0.1, 0.15) is 6.61 Å². The lowest BCUT2D eigenvalue weighted by atomic mass is 9.94. The van der Waals surface area contributed by atoms with Crippen LogP contribution in [0.15, 0.2) is 29.5 Å². The van der Waals surface area contributed by atoms with Crippen molar-refractivity contribution < 1.29 is 23.7 Å². The molecule has 3 rings (SSSR count). The molecule has 1 heterocycles. The van der Waals surface area contributed by atoms with Crippen molar-refractivity contribution in [1.29, 1.82) is 0 Å². The van der Waals surface area contributed by atoms with Gasteiger partial charge in [0.25, 0.3) is 0 Å². The quantitative estimate of drug-likeness (QED) is 0.401. The Morgan fingerprint density at radius 2 is 1.96 bits per heavy atom. The molecule has 1 aromatic carbocycles. The molecule has 0 unspecified atom stereocenters. The van der Waals surface area contributed by atoms with Crippen LogP contribution in [0.1, 0.15) is 31.4 Å². The van der Waals surface area contributed by atoms with E-state index in [4.69, 9.17) is 31.2 Å². The number of benzene rings is 1. The second-order valence-electron chi connectivity index (χ2n) is 6.69. The molecular formula is C20H26N2O5S. The zero-order valence-electron chi connectivity index (χ0n) is 16.6. The average molecular weight is 407 g/mol.